The lowest BCUT2D eigenvalue weighted by molar-refractivity contribution is -0.135. The number of carbonyl (C=O) groups excluding carboxylic acids is 1. The number of fused-ring (bicyclic) bond motifs is 1. The van der Waals surface area contributed by atoms with Crippen molar-refractivity contribution in [3.63, 3.8) is 0 Å². The van der Waals surface area contributed by atoms with Gasteiger partial charge < -0.3 is 4.90 Å². The summed E-state index contributed by atoms with van der Waals surface area (Å²) < 4.78 is 3.59. The average Bonchev–Trinajstić information content (AvgIpc) is 3.28. The van der Waals surface area contributed by atoms with E-state index in [1.54, 1.807) is 16.2 Å². The summed E-state index contributed by atoms with van der Waals surface area (Å²) in [5, 5.41) is 0.908. The molecule has 0 aliphatic carbocycles. The number of hydrogen-bond acceptors (Lipinski definition) is 5. The van der Waals surface area contributed by atoms with Gasteiger partial charge >= 0.3 is 5.69 Å². The first kappa shape index (κ1) is 21.3. The molecule has 2 aromatic carbocycles. The van der Waals surface area contributed by atoms with Gasteiger partial charge in [0.15, 0.2) is 0 Å². The molecule has 1 saturated heterocycles. The second-order valence-corrected chi connectivity index (χ2v) is 9.32. The molecule has 8 heteroatoms. The van der Waals surface area contributed by atoms with Crippen molar-refractivity contribution in [3.05, 3.63) is 98.3 Å². The summed E-state index contributed by atoms with van der Waals surface area (Å²) in [5.41, 5.74) is 0.932. The van der Waals surface area contributed by atoms with Gasteiger partial charge in [-0.05, 0) is 37.0 Å². The van der Waals surface area contributed by atoms with Crippen molar-refractivity contribution in [1.82, 2.24) is 19.0 Å². The van der Waals surface area contributed by atoms with Gasteiger partial charge in [0.25, 0.3) is 5.56 Å². The number of thiazole rings is 1. The normalized spacial score (nSPS) is 16.2. The molecule has 1 aliphatic rings. The second kappa shape index (κ2) is 9.15. The molecular weight excluding hydrogens is 436 g/mol. The number of nitrogens with zero attached hydrogens (tertiary/aromatic N) is 4. The maximum Gasteiger partial charge on any atom is 0.331 e. The van der Waals surface area contributed by atoms with Gasteiger partial charge in [-0.3, -0.25) is 18.7 Å². The molecule has 2 aromatic heterocycles. The summed E-state index contributed by atoms with van der Waals surface area (Å²) in [6.07, 6.45) is 4.23. The molecule has 0 N–H and O–H groups in total. The van der Waals surface area contributed by atoms with Crippen molar-refractivity contribution in [1.29, 1.82) is 0 Å². The topological polar surface area (TPSA) is 77.2 Å². The Balaban J connectivity index is 1.41. The van der Waals surface area contributed by atoms with E-state index in [-0.39, 0.29) is 18.5 Å². The van der Waals surface area contributed by atoms with Crippen LogP contribution in [0, 0.1) is 0 Å². The Bertz CT molecular complexity index is 1370. The molecule has 1 aliphatic heterocycles. The Morgan fingerprint density at radius 1 is 1.00 bits per heavy atom. The summed E-state index contributed by atoms with van der Waals surface area (Å²) in [4.78, 5) is 45.4. The third-order valence-electron chi connectivity index (χ3n) is 6.05. The van der Waals surface area contributed by atoms with Crippen LogP contribution in [-0.2, 0) is 17.9 Å². The molecule has 7 nitrogen and oxygen atoms in total. The summed E-state index contributed by atoms with van der Waals surface area (Å²) in [6.45, 7) is 0.667. The third kappa shape index (κ3) is 4.39. The van der Waals surface area contributed by atoms with Gasteiger partial charge in [-0.15, -0.1) is 11.3 Å². The van der Waals surface area contributed by atoms with Gasteiger partial charge in [0.05, 0.1) is 22.8 Å². The number of rotatable bonds is 5. The minimum Gasteiger partial charge on any atom is -0.332 e. The molecular formula is C25H24N4O3S. The van der Waals surface area contributed by atoms with Crippen molar-refractivity contribution < 1.29 is 4.79 Å². The lowest BCUT2D eigenvalue weighted by atomic mass is 10.0. The van der Waals surface area contributed by atoms with Crippen LogP contribution < -0.4 is 11.2 Å². The first-order valence-electron chi connectivity index (χ1n) is 11.1. The molecule has 1 amide bonds. The van der Waals surface area contributed by atoms with Crippen LogP contribution in [0.4, 0.5) is 0 Å². The fraction of sp³-hybridized carbons (Fsp3) is 0.280. The van der Waals surface area contributed by atoms with E-state index in [9.17, 15) is 14.4 Å². The quantitative estimate of drug-likeness (QED) is 0.457. The van der Waals surface area contributed by atoms with Gasteiger partial charge in [0.2, 0.25) is 5.91 Å². The molecule has 1 atom stereocenters. The third-order valence-corrected chi connectivity index (χ3v) is 7.19. The maximum absolute atomic E-state index is 13.3. The summed E-state index contributed by atoms with van der Waals surface area (Å²) in [7, 11) is 0. The smallest absolute Gasteiger partial charge is 0.331 e. The summed E-state index contributed by atoms with van der Waals surface area (Å²) >= 11 is 1.60. The first-order chi connectivity index (χ1) is 16.1. The van der Waals surface area contributed by atoms with Crippen molar-refractivity contribution in [3.8, 4) is 0 Å². The predicted molar refractivity (Wildman–Crippen MR) is 128 cm³/mol. The highest BCUT2D eigenvalue weighted by molar-refractivity contribution is 7.18. The van der Waals surface area contributed by atoms with Crippen LogP contribution >= 0.6 is 11.3 Å². The maximum atomic E-state index is 13.3. The summed E-state index contributed by atoms with van der Waals surface area (Å²) in [6, 6.07) is 18.7. The highest BCUT2D eigenvalue weighted by Gasteiger charge is 2.30. The van der Waals surface area contributed by atoms with Crippen LogP contribution in [0.5, 0.6) is 0 Å². The van der Waals surface area contributed by atoms with Gasteiger partial charge in [-0.2, -0.15) is 0 Å². The standard InChI is InChI=1S/C25H24N4O3S/c30-22-13-15-27(16-18-8-2-1-3-9-18)25(32)29(22)17-23(31)28-14-7-6-11-20(28)24-26-19-10-4-5-12-21(19)33-24/h1-5,8-10,12-13,15,20H,6-7,11,14,16-17H2. The predicted octanol–water partition coefficient (Wildman–Crippen LogP) is 3.42. The van der Waals surface area contributed by atoms with E-state index in [2.05, 4.69) is 0 Å². The van der Waals surface area contributed by atoms with E-state index < -0.39 is 11.2 Å². The van der Waals surface area contributed by atoms with Crippen molar-refractivity contribution >= 4 is 27.5 Å². The zero-order chi connectivity index (χ0) is 22.8. The zero-order valence-electron chi connectivity index (χ0n) is 18.1. The van der Waals surface area contributed by atoms with E-state index in [1.165, 1.54) is 16.8 Å². The molecule has 3 heterocycles. The van der Waals surface area contributed by atoms with Crippen LogP contribution in [0.1, 0.15) is 35.9 Å². The summed E-state index contributed by atoms with van der Waals surface area (Å²) in [5.74, 6) is -0.226. The largest absolute Gasteiger partial charge is 0.332 e. The lowest BCUT2D eigenvalue weighted by Crippen LogP contribution is -2.46. The molecule has 1 unspecified atom stereocenters. The van der Waals surface area contributed by atoms with Crippen molar-refractivity contribution in [2.24, 2.45) is 0 Å². The Morgan fingerprint density at radius 2 is 1.79 bits per heavy atom. The molecule has 0 bridgehead atoms. The SMILES string of the molecule is O=C(Cn1c(=O)ccn(Cc2ccccc2)c1=O)N1CCCCC1c1nc2ccccc2s1. The van der Waals surface area contributed by atoms with Crippen LogP contribution in [0.15, 0.2) is 76.4 Å². The Kier molecular flexibility index (Phi) is 5.92. The molecule has 5 rings (SSSR count). The minimum absolute atomic E-state index is 0.130. The highest BCUT2D eigenvalue weighted by Crippen LogP contribution is 2.35. The molecule has 0 saturated carbocycles. The lowest BCUT2D eigenvalue weighted by Gasteiger charge is -2.34. The van der Waals surface area contributed by atoms with E-state index in [1.807, 2.05) is 54.6 Å². The number of amides is 1. The molecule has 0 spiro atoms. The number of aromatic nitrogens is 3. The van der Waals surface area contributed by atoms with E-state index in [0.29, 0.717) is 13.1 Å². The van der Waals surface area contributed by atoms with Gasteiger partial charge in [0, 0.05) is 18.8 Å². The number of carbonyl (C=O) groups is 1. The number of hydrogen-bond donors (Lipinski definition) is 0. The van der Waals surface area contributed by atoms with Gasteiger partial charge in [-0.25, -0.2) is 9.78 Å². The highest BCUT2D eigenvalue weighted by atomic mass is 32.1. The molecule has 33 heavy (non-hydrogen) atoms. The van der Waals surface area contributed by atoms with Crippen molar-refractivity contribution in [2.45, 2.75) is 38.4 Å². The zero-order valence-corrected chi connectivity index (χ0v) is 18.9. The fourth-order valence-electron chi connectivity index (χ4n) is 4.35. The monoisotopic (exact) mass is 460 g/mol. The van der Waals surface area contributed by atoms with Crippen molar-refractivity contribution in [2.75, 3.05) is 6.54 Å². The van der Waals surface area contributed by atoms with Gasteiger partial charge in [0.1, 0.15) is 11.6 Å². The van der Waals surface area contributed by atoms with Crippen LogP contribution in [0.2, 0.25) is 0 Å². The van der Waals surface area contributed by atoms with Crippen LogP contribution in [-0.4, -0.2) is 31.5 Å². The van der Waals surface area contributed by atoms with Gasteiger partial charge in [-0.1, -0.05) is 42.5 Å². The van der Waals surface area contributed by atoms with E-state index in [4.69, 9.17) is 4.98 Å². The Hall–Kier alpha value is -3.52. The second-order valence-electron chi connectivity index (χ2n) is 8.25. The molecule has 4 aromatic rings. The number of piperidine rings is 1. The number of likely N-dealkylation sites (tertiary alicyclic amines) is 1. The average molecular weight is 461 g/mol. The Morgan fingerprint density at radius 3 is 2.61 bits per heavy atom. The number of para-hydroxylation sites is 1. The van der Waals surface area contributed by atoms with E-state index in [0.717, 1.165) is 44.6 Å². The molecule has 0 radical (unpaired) electrons. The van der Waals surface area contributed by atoms with Crippen LogP contribution in [0.3, 0.4) is 0 Å². The van der Waals surface area contributed by atoms with E-state index >= 15 is 0 Å². The fourth-order valence-corrected chi connectivity index (χ4v) is 5.46. The Labute approximate surface area is 194 Å². The van der Waals surface area contributed by atoms with Crippen LogP contribution in [0.25, 0.3) is 10.2 Å². The molecule has 168 valence electrons. The first-order valence-corrected chi connectivity index (χ1v) is 11.9. The minimum atomic E-state index is -0.478. The molecule has 1 fully saturated rings. The number of benzene rings is 2.